The molecule has 3 heterocycles. The van der Waals surface area contributed by atoms with Crippen molar-refractivity contribution in [2.45, 2.75) is 31.3 Å². The van der Waals surface area contributed by atoms with Crippen LogP contribution in [-0.2, 0) is 4.74 Å². The van der Waals surface area contributed by atoms with Gasteiger partial charge in [0.05, 0.1) is 13.2 Å². The zero-order chi connectivity index (χ0) is 12.4. The fourth-order valence-electron chi connectivity index (χ4n) is 3.88. The van der Waals surface area contributed by atoms with E-state index in [0.29, 0.717) is 12.0 Å². The van der Waals surface area contributed by atoms with Crippen molar-refractivity contribution in [1.82, 2.24) is 15.1 Å². The molecule has 0 amide bonds. The van der Waals surface area contributed by atoms with Crippen molar-refractivity contribution in [3.63, 3.8) is 0 Å². The third-order valence-electron chi connectivity index (χ3n) is 4.95. The summed E-state index contributed by atoms with van der Waals surface area (Å²) in [6, 6.07) is 1.40. The van der Waals surface area contributed by atoms with Crippen molar-refractivity contribution >= 4 is 0 Å². The quantitative estimate of drug-likeness (QED) is 0.787. The minimum absolute atomic E-state index is 0.563. The van der Waals surface area contributed by atoms with Gasteiger partial charge in [0.15, 0.2) is 0 Å². The maximum absolute atomic E-state index is 5.62. The Morgan fingerprint density at radius 3 is 2.94 bits per heavy atom. The van der Waals surface area contributed by atoms with E-state index in [1.807, 2.05) is 0 Å². The summed E-state index contributed by atoms with van der Waals surface area (Å²) >= 11 is 0. The van der Waals surface area contributed by atoms with Crippen LogP contribution in [0.1, 0.15) is 19.3 Å². The van der Waals surface area contributed by atoms with Crippen LogP contribution >= 0.6 is 0 Å². The van der Waals surface area contributed by atoms with E-state index in [9.17, 15) is 0 Å². The number of likely N-dealkylation sites (N-methyl/N-ethyl adjacent to an activating group) is 1. The largest absolute Gasteiger partial charge is 0.379 e. The van der Waals surface area contributed by atoms with E-state index < -0.39 is 0 Å². The first kappa shape index (κ1) is 12.9. The number of ether oxygens (including phenoxy) is 1. The molecule has 3 aliphatic heterocycles. The topological polar surface area (TPSA) is 27.7 Å². The summed E-state index contributed by atoms with van der Waals surface area (Å²) in [5.74, 6) is 0.683. The lowest BCUT2D eigenvalue weighted by atomic mass is 10.0. The van der Waals surface area contributed by atoms with Gasteiger partial charge in [-0.05, 0) is 45.9 Å². The minimum Gasteiger partial charge on any atom is -0.379 e. The van der Waals surface area contributed by atoms with Crippen LogP contribution < -0.4 is 5.32 Å². The molecule has 104 valence electrons. The van der Waals surface area contributed by atoms with E-state index >= 15 is 0 Å². The second-order valence-electron chi connectivity index (χ2n) is 6.14. The van der Waals surface area contributed by atoms with Crippen LogP contribution in [0.2, 0.25) is 0 Å². The van der Waals surface area contributed by atoms with Crippen molar-refractivity contribution in [2.75, 3.05) is 53.0 Å². The van der Waals surface area contributed by atoms with Crippen LogP contribution in [0, 0.1) is 5.92 Å². The summed E-state index contributed by atoms with van der Waals surface area (Å²) in [5.41, 5.74) is 0. The highest BCUT2D eigenvalue weighted by Gasteiger charge is 2.32. The van der Waals surface area contributed by atoms with Crippen molar-refractivity contribution in [1.29, 1.82) is 0 Å². The Hall–Kier alpha value is -0.160. The van der Waals surface area contributed by atoms with E-state index in [-0.39, 0.29) is 0 Å². The van der Waals surface area contributed by atoms with Crippen molar-refractivity contribution in [2.24, 2.45) is 5.92 Å². The zero-order valence-corrected chi connectivity index (χ0v) is 11.6. The summed E-state index contributed by atoms with van der Waals surface area (Å²) in [6.45, 7) is 8.27. The smallest absolute Gasteiger partial charge is 0.0623 e. The molecule has 0 saturated carbocycles. The molecule has 4 nitrogen and oxygen atoms in total. The third kappa shape index (κ3) is 2.72. The van der Waals surface area contributed by atoms with E-state index in [4.69, 9.17) is 4.74 Å². The predicted molar refractivity (Wildman–Crippen MR) is 72.8 cm³/mol. The van der Waals surface area contributed by atoms with Crippen LogP contribution in [0.5, 0.6) is 0 Å². The van der Waals surface area contributed by atoms with Crippen molar-refractivity contribution in [3.8, 4) is 0 Å². The van der Waals surface area contributed by atoms with Crippen molar-refractivity contribution in [3.05, 3.63) is 0 Å². The maximum Gasteiger partial charge on any atom is 0.0623 e. The average molecular weight is 253 g/mol. The van der Waals surface area contributed by atoms with Gasteiger partial charge in [-0.1, -0.05) is 0 Å². The molecule has 3 rings (SSSR count). The molecule has 0 aromatic rings. The third-order valence-corrected chi connectivity index (χ3v) is 4.95. The lowest BCUT2D eigenvalue weighted by molar-refractivity contribution is 0.161. The number of hydrogen-bond donors (Lipinski definition) is 1. The lowest BCUT2D eigenvalue weighted by Gasteiger charge is -2.29. The molecule has 3 unspecified atom stereocenters. The summed E-state index contributed by atoms with van der Waals surface area (Å²) in [6.07, 6.45) is 4.16. The first-order valence-corrected chi connectivity index (χ1v) is 7.58. The molecule has 1 N–H and O–H groups in total. The zero-order valence-electron chi connectivity index (χ0n) is 11.6. The minimum atomic E-state index is 0.563. The van der Waals surface area contributed by atoms with Gasteiger partial charge in [-0.15, -0.1) is 0 Å². The molecule has 3 fully saturated rings. The lowest BCUT2D eigenvalue weighted by Crippen LogP contribution is -2.43. The van der Waals surface area contributed by atoms with Crippen LogP contribution in [0.3, 0.4) is 0 Å². The Balaban J connectivity index is 1.55. The highest BCUT2D eigenvalue weighted by molar-refractivity contribution is 4.88. The van der Waals surface area contributed by atoms with Crippen molar-refractivity contribution < 1.29 is 4.74 Å². The van der Waals surface area contributed by atoms with E-state index in [1.165, 1.54) is 52.0 Å². The van der Waals surface area contributed by atoms with E-state index in [1.54, 1.807) is 0 Å². The number of hydrogen-bond acceptors (Lipinski definition) is 4. The van der Waals surface area contributed by atoms with Crippen LogP contribution in [0.4, 0.5) is 0 Å². The van der Waals surface area contributed by atoms with Gasteiger partial charge in [0, 0.05) is 31.1 Å². The summed E-state index contributed by atoms with van der Waals surface area (Å²) in [4.78, 5) is 5.40. The molecular formula is C14H27N3O. The first-order valence-electron chi connectivity index (χ1n) is 7.58. The number of nitrogens with one attached hydrogen (secondary N) is 1. The monoisotopic (exact) mass is 253 g/mol. The average Bonchev–Trinajstić information content (AvgIpc) is 2.95. The van der Waals surface area contributed by atoms with Gasteiger partial charge >= 0.3 is 0 Å². The Morgan fingerprint density at radius 2 is 2.06 bits per heavy atom. The van der Waals surface area contributed by atoms with Gasteiger partial charge in [-0.3, -0.25) is 4.90 Å². The highest BCUT2D eigenvalue weighted by atomic mass is 16.5. The molecule has 3 saturated heterocycles. The summed E-state index contributed by atoms with van der Waals surface area (Å²) in [7, 11) is 2.06. The van der Waals surface area contributed by atoms with Gasteiger partial charge in [-0.2, -0.15) is 0 Å². The molecule has 0 radical (unpaired) electrons. The molecule has 0 bridgehead atoms. The van der Waals surface area contributed by atoms with Gasteiger partial charge in [0.2, 0.25) is 0 Å². The normalized spacial score (nSPS) is 38.8. The Bertz CT molecular complexity index is 274. The van der Waals surface area contributed by atoms with E-state index in [2.05, 4.69) is 22.2 Å². The molecule has 0 aliphatic carbocycles. The maximum atomic E-state index is 5.62. The van der Waals surface area contributed by atoms with Gasteiger partial charge in [0.25, 0.3) is 0 Å². The van der Waals surface area contributed by atoms with Crippen LogP contribution in [0.25, 0.3) is 0 Å². The molecule has 4 heteroatoms. The molecule has 3 aliphatic rings. The molecule has 0 spiro atoms. The van der Waals surface area contributed by atoms with Gasteiger partial charge < -0.3 is 15.0 Å². The van der Waals surface area contributed by atoms with Crippen LogP contribution in [0.15, 0.2) is 0 Å². The fraction of sp³-hybridized carbons (Fsp3) is 1.00. The number of nitrogens with zero attached hydrogens (tertiary/aromatic N) is 2. The Labute approximate surface area is 111 Å². The summed E-state index contributed by atoms with van der Waals surface area (Å²) < 4.78 is 5.62. The molecule has 18 heavy (non-hydrogen) atoms. The molecule has 0 aromatic heterocycles. The van der Waals surface area contributed by atoms with E-state index in [0.717, 1.165) is 19.3 Å². The molecule has 3 atom stereocenters. The van der Waals surface area contributed by atoms with Crippen LogP contribution in [-0.4, -0.2) is 74.9 Å². The first-order chi connectivity index (χ1) is 8.86. The number of fused-ring (bicyclic) bond motifs is 1. The van der Waals surface area contributed by atoms with Gasteiger partial charge in [0.1, 0.15) is 0 Å². The predicted octanol–water partition coefficient (Wildman–Crippen LogP) is 0.391. The number of rotatable bonds is 3. The molecule has 0 aromatic carbocycles. The second kappa shape index (κ2) is 5.87. The fourth-order valence-corrected chi connectivity index (χ4v) is 3.88. The Kier molecular flexibility index (Phi) is 4.19. The Morgan fingerprint density at radius 1 is 1.17 bits per heavy atom. The highest BCUT2D eigenvalue weighted by Crippen LogP contribution is 2.23. The summed E-state index contributed by atoms with van der Waals surface area (Å²) in [5, 5.41) is 3.40. The SMILES string of the molecule is CNC1COCC1CN1CCCN2CCCC2C1. The van der Waals surface area contributed by atoms with Gasteiger partial charge in [-0.25, -0.2) is 0 Å². The standard InChI is InChI=1S/C14H27N3O/c1-15-14-11-18-10-12(14)8-16-5-3-7-17-6-2-4-13(17)9-16/h12-15H,2-11H2,1H3. The molecular weight excluding hydrogens is 226 g/mol. The second-order valence-corrected chi connectivity index (χ2v) is 6.14.